The van der Waals surface area contributed by atoms with Crippen LogP contribution in [0, 0.1) is 0 Å². The Morgan fingerprint density at radius 2 is 2.03 bits per heavy atom. The fourth-order valence-electron chi connectivity index (χ4n) is 4.28. The van der Waals surface area contributed by atoms with Gasteiger partial charge in [0.15, 0.2) is 0 Å². The minimum absolute atomic E-state index is 0.0185. The maximum Gasteiger partial charge on any atom is 0.253 e. The van der Waals surface area contributed by atoms with E-state index in [1.165, 1.54) is 6.33 Å². The van der Waals surface area contributed by atoms with Gasteiger partial charge in [-0.1, -0.05) is 6.58 Å². The van der Waals surface area contributed by atoms with Crippen LogP contribution in [0.4, 0.5) is 20.3 Å². The third kappa shape index (κ3) is 5.09. The van der Waals surface area contributed by atoms with Crippen LogP contribution in [0.25, 0.3) is 5.57 Å². The molecule has 1 aliphatic carbocycles. The van der Waals surface area contributed by atoms with Gasteiger partial charge >= 0.3 is 0 Å². The standard InChI is InChI=1S/C24H32F2N6O/c1-15-13-31(9-10-32(15)17(3)23(25)26)22-12-21(28-14-29-22)16(2)19-11-18(5-6-20(19)30-27)33-24(4)7-8-24/h5-6,11-12,14-15,17,23,30H,2,7-10,13,27H2,1,3-4H3/t15-,17?/m1/s1. The molecule has 1 unspecified atom stereocenters. The van der Waals surface area contributed by atoms with Crippen molar-refractivity contribution in [2.45, 2.75) is 57.7 Å². The normalized spacial score (nSPS) is 21.1. The smallest absolute Gasteiger partial charge is 0.253 e. The number of alkyl halides is 2. The SMILES string of the molecule is C=C(c1cc(N2CCN(C(C)C(F)F)[C@H](C)C2)ncn1)c1cc(OC2(C)CC2)ccc1NN. The number of hydrazine groups is 1. The van der Waals surface area contributed by atoms with Crippen molar-refractivity contribution in [3.63, 3.8) is 0 Å². The highest BCUT2D eigenvalue weighted by molar-refractivity contribution is 5.84. The second-order valence-electron chi connectivity index (χ2n) is 9.25. The van der Waals surface area contributed by atoms with Crippen molar-refractivity contribution in [2.24, 2.45) is 5.84 Å². The van der Waals surface area contributed by atoms with E-state index >= 15 is 0 Å². The number of nitrogens with two attached hydrogens (primary N) is 1. The van der Waals surface area contributed by atoms with Gasteiger partial charge in [0.1, 0.15) is 23.5 Å². The number of ether oxygens (including phenoxy) is 1. The average molecular weight is 459 g/mol. The summed E-state index contributed by atoms with van der Waals surface area (Å²) in [6, 6.07) is 6.79. The van der Waals surface area contributed by atoms with E-state index in [1.807, 2.05) is 36.1 Å². The predicted octanol–water partition coefficient (Wildman–Crippen LogP) is 3.92. The van der Waals surface area contributed by atoms with Crippen LogP contribution >= 0.6 is 0 Å². The number of anilines is 2. The summed E-state index contributed by atoms with van der Waals surface area (Å²) in [6.07, 6.45) is 1.23. The number of piperazine rings is 1. The molecule has 1 aromatic heterocycles. The van der Waals surface area contributed by atoms with Crippen molar-refractivity contribution in [1.82, 2.24) is 14.9 Å². The molecule has 1 saturated heterocycles. The van der Waals surface area contributed by atoms with E-state index in [0.717, 1.165) is 35.7 Å². The molecule has 2 aromatic rings. The number of hydrogen-bond acceptors (Lipinski definition) is 7. The van der Waals surface area contributed by atoms with Gasteiger partial charge in [0.25, 0.3) is 6.43 Å². The molecule has 33 heavy (non-hydrogen) atoms. The Labute approximate surface area is 193 Å². The third-order valence-electron chi connectivity index (χ3n) is 6.64. The summed E-state index contributed by atoms with van der Waals surface area (Å²) in [6.45, 7) is 11.7. The molecule has 0 radical (unpaired) electrons. The number of hydrogen-bond donors (Lipinski definition) is 2. The first-order chi connectivity index (χ1) is 15.7. The van der Waals surface area contributed by atoms with Gasteiger partial charge in [-0.15, -0.1) is 0 Å². The highest BCUT2D eigenvalue weighted by Gasteiger charge is 2.40. The molecular formula is C24H32F2N6O. The summed E-state index contributed by atoms with van der Waals surface area (Å²) >= 11 is 0. The van der Waals surface area contributed by atoms with Crippen molar-refractivity contribution in [2.75, 3.05) is 30.0 Å². The quantitative estimate of drug-likeness (QED) is 0.459. The average Bonchev–Trinajstić information content (AvgIpc) is 3.54. The minimum Gasteiger partial charge on any atom is -0.488 e. The van der Waals surface area contributed by atoms with Gasteiger partial charge in [-0.25, -0.2) is 18.7 Å². The van der Waals surface area contributed by atoms with Gasteiger partial charge in [0.05, 0.1) is 17.4 Å². The molecule has 178 valence electrons. The molecule has 4 rings (SSSR count). The lowest BCUT2D eigenvalue weighted by atomic mass is 10.0. The molecule has 1 aromatic carbocycles. The zero-order chi connectivity index (χ0) is 23.8. The number of nitrogens with one attached hydrogen (secondary N) is 1. The van der Waals surface area contributed by atoms with Crippen LogP contribution < -0.4 is 20.9 Å². The molecule has 1 aliphatic heterocycles. The Morgan fingerprint density at radius 1 is 1.27 bits per heavy atom. The van der Waals surface area contributed by atoms with E-state index < -0.39 is 12.5 Å². The monoisotopic (exact) mass is 458 g/mol. The highest BCUT2D eigenvalue weighted by Crippen LogP contribution is 2.41. The van der Waals surface area contributed by atoms with Gasteiger partial charge in [0.2, 0.25) is 0 Å². The summed E-state index contributed by atoms with van der Waals surface area (Å²) in [5.74, 6) is 7.26. The fraction of sp³-hybridized carbons (Fsp3) is 0.500. The van der Waals surface area contributed by atoms with E-state index in [2.05, 4.69) is 33.8 Å². The van der Waals surface area contributed by atoms with Gasteiger partial charge in [-0.2, -0.15) is 0 Å². The molecule has 1 saturated carbocycles. The van der Waals surface area contributed by atoms with Crippen molar-refractivity contribution in [1.29, 1.82) is 0 Å². The topological polar surface area (TPSA) is 79.5 Å². The Kier molecular flexibility index (Phi) is 6.54. The first kappa shape index (κ1) is 23.4. The molecule has 2 heterocycles. The van der Waals surface area contributed by atoms with Crippen molar-refractivity contribution < 1.29 is 13.5 Å². The van der Waals surface area contributed by atoms with E-state index in [9.17, 15) is 8.78 Å². The number of nitrogen functional groups attached to an aromatic ring is 1. The zero-order valence-corrected chi connectivity index (χ0v) is 19.4. The molecule has 7 nitrogen and oxygen atoms in total. The Hall–Kier alpha value is -2.78. The molecule has 0 bridgehead atoms. The zero-order valence-electron chi connectivity index (χ0n) is 19.4. The maximum absolute atomic E-state index is 13.2. The molecule has 2 aliphatic rings. The van der Waals surface area contributed by atoms with E-state index in [-0.39, 0.29) is 11.6 Å². The van der Waals surface area contributed by atoms with Crippen molar-refractivity contribution in [3.05, 3.63) is 48.4 Å². The van der Waals surface area contributed by atoms with Gasteiger partial charge in [-0.3, -0.25) is 10.7 Å². The molecule has 3 N–H and O–H groups in total. The Bertz CT molecular complexity index is 1010. The molecule has 9 heteroatoms. The number of aromatic nitrogens is 2. The van der Waals surface area contributed by atoms with Gasteiger partial charge in [-0.05, 0) is 51.8 Å². The summed E-state index contributed by atoms with van der Waals surface area (Å²) < 4.78 is 32.5. The molecule has 2 atom stereocenters. The lowest BCUT2D eigenvalue weighted by molar-refractivity contribution is 0.0112. The number of benzene rings is 1. The van der Waals surface area contributed by atoms with E-state index in [4.69, 9.17) is 10.6 Å². The van der Waals surface area contributed by atoms with E-state index in [1.54, 1.807) is 6.92 Å². The molecule has 2 fully saturated rings. The number of rotatable bonds is 8. The fourth-order valence-corrected chi connectivity index (χ4v) is 4.28. The summed E-state index contributed by atoms with van der Waals surface area (Å²) in [5, 5.41) is 0. The summed E-state index contributed by atoms with van der Waals surface area (Å²) in [7, 11) is 0. The first-order valence-electron chi connectivity index (χ1n) is 11.3. The minimum atomic E-state index is -2.36. The van der Waals surface area contributed by atoms with Crippen LogP contribution in [0.15, 0.2) is 37.2 Å². The van der Waals surface area contributed by atoms with Gasteiger partial charge in [0, 0.05) is 42.9 Å². The second-order valence-corrected chi connectivity index (χ2v) is 9.25. The predicted molar refractivity (Wildman–Crippen MR) is 127 cm³/mol. The Balaban J connectivity index is 1.53. The largest absolute Gasteiger partial charge is 0.488 e. The Morgan fingerprint density at radius 3 is 2.67 bits per heavy atom. The van der Waals surface area contributed by atoms with Crippen LogP contribution in [0.1, 0.15) is 44.9 Å². The summed E-state index contributed by atoms with van der Waals surface area (Å²) in [5.41, 5.74) is 5.50. The van der Waals surface area contributed by atoms with Crippen LogP contribution in [-0.2, 0) is 0 Å². The third-order valence-corrected chi connectivity index (χ3v) is 6.64. The molecule has 0 spiro atoms. The van der Waals surface area contributed by atoms with Crippen molar-refractivity contribution >= 4 is 17.1 Å². The highest BCUT2D eigenvalue weighted by atomic mass is 19.3. The van der Waals surface area contributed by atoms with Gasteiger partial charge < -0.3 is 15.1 Å². The van der Waals surface area contributed by atoms with Crippen LogP contribution in [0.3, 0.4) is 0 Å². The van der Waals surface area contributed by atoms with Crippen LogP contribution in [0.2, 0.25) is 0 Å². The number of halogens is 2. The lowest BCUT2D eigenvalue weighted by Crippen LogP contribution is -2.56. The van der Waals surface area contributed by atoms with Crippen LogP contribution in [-0.4, -0.2) is 58.6 Å². The number of nitrogens with zero attached hydrogens (tertiary/aromatic N) is 4. The second kappa shape index (κ2) is 9.23. The first-order valence-corrected chi connectivity index (χ1v) is 11.3. The van der Waals surface area contributed by atoms with E-state index in [0.29, 0.717) is 30.9 Å². The summed E-state index contributed by atoms with van der Waals surface area (Å²) in [4.78, 5) is 12.8. The molecule has 0 amide bonds. The van der Waals surface area contributed by atoms with Crippen LogP contribution in [0.5, 0.6) is 5.75 Å². The molecular weight excluding hydrogens is 426 g/mol. The van der Waals surface area contributed by atoms with Crippen molar-refractivity contribution in [3.8, 4) is 5.75 Å². The lowest BCUT2D eigenvalue weighted by Gasteiger charge is -2.43. The maximum atomic E-state index is 13.2.